The topological polar surface area (TPSA) is 68.0 Å². The first-order valence-corrected chi connectivity index (χ1v) is 10.0. The highest BCUT2D eigenvalue weighted by atomic mass is 35.5. The zero-order valence-corrected chi connectivity index (χ0v) is 16.3. The monoisotopic (exact) mass is 409 g/mol. The van der Waals surface area contributed by atoms with Crippen LogP contribution in [-0.4, -0.2) is 21.9 Å². The first kappa shape index (κ1) is 18.5. The molecule has 0 unspecified atom stereocenters. The van der Waals surface area contributed by atoms with Gasteiger partial charge in [-0.25, -0.2) is 0 Å². The lowest BCUT2D eigenvalue weighted by Crippen LogP contribution is -2.14. The molecule has 1 amide bonds. The summed E-state index contributed by atoms with van der Waals surface area (Å²) in [7, 11) is 0. The van der Waals surface area contributed by atoms with Crippen LogP contribution < -0.4 is 5.32 Å². The number of hydrogen-bond donors (Lipinski definition) is 1. The van der Waals surface area contributed by atoms with Crippen LogP contribution in [0.25, 0.3) is 10.8 Å². The van der Waals surface area contributed by atoms with Gasteiger partial charge in [-0.15, -0.1) is 10.2 Å². The van der Waals surface area contributed by atoms with E-state index in [-0.39, 0.29) is 11.7 Å². The van der Waals surface area contributed by atoms with Crippen molar-refractivity contribution in [1.29, 1.82) is 0 Å². The van der Waals surface area contributed by atoms with E-state index in [1.165, 1.54) is 11.8 Å². The lowest BCUT2D eigenvalue weighted by molar-refractivity contribution is -0.113. The number of carbonyl (C=O) groups is 1. The van der Waals surface area contributed by atoms with Crippen LogP contribution in [0.3, 0.4) is 0 Å². The fourth-order valence-electron chi connectivity index (χ4n) is 2.79. The number of benzene rings is 3. The van der Waals surface area contributed by atoms with Crippen LogP contribution in [0, 0.1) is 0 Å². The van der Waals surface area contributed by atoms with E-state index in [1.54, 1.807) is 0 Å². The van der Waals surface area contributed by atoms with Gasteiger partial charge < -0.3 is 9.73 Å². The Bertz CT molecular complexity index is 1110. The molecule has 0 spiro atoms. The van der Waals surface area contributed by atoms with E-state index < -0.39 is 0 Å². The van der Waals surface area contributed by atoms with Crippen LogP contribution in [0.4, 0.5) is 5.69 Å². The van der Waals surface area contributed by atoms with Crippen molar-refractivity contribution >= 4 is 45.7 Å². The third-order valence-electron chi connectivity index (χ3n) is 4.11. The van der Waals surface area contributed by atoms with E-state index in [0.717, 1.165) is 22.0 Å². The molecule has 4 rings (SSSR count). The van der Waals surface area contributed by atoms with Gasteiger partial charge in [0.05, 0.1) is 12.2 Å². The second-order valence-electron chi connectivity index (χ2n) is 6.13. The molecule has 0 aliphatic rings. The number of fused-ring (bicyclic) bond motifs is 1. The maximum absolute atomic E-state index is 12.3. The number of nitrogens with one attached hydrogen (secondary N) is 1. The summed E-state index contributed by atoms with van der Waals surface area (Å²) in [5.74, 6) is 0.560. The highest BCUT2D eigenvalue weighted by Crippen LogP contribution is 2.24. The largest absolute Gasteiger partial charge is 0.416 e. The normalized spacial score (nSPS) is 10.9. The molecule has 28 heavy (non-hydrogen) atoms. The molecule has 0 saturated heterocycles. The van der Waals surface area contributed by atoms with Gasteiger partial charge in [-0.1, -0.05) is 71.9 Å². The SMILES string of the molecule is O=C(CSc1nnc(Cc2ccc(Cl)cc2)o1)Nc1cccc2ccccc12. The van der Waals surface area contributed by atoms with Crippen molar-refractivity contribution in [2.45, 2.75) is 11.6 Å². The molecule has 1 aromatic heterocycles. The van der Waals surface area contributed by atoms with Gasteiger partial charge in [0.15, 0.2) is 0 Å². The lowest BCUT2D eigenvalue weighted by atomic mass is 10.1. The van der Waals surface area contributed by atoms with Gasteiger partial charge >= 0.3 is 0 Å². The lowest BCUT2D eigenvalue weighted by Gasteiger charge is -2.07. The van der Waals surface area contributed by atoms with Gasteiger partial charge in [-0.3, -0.25) is 4.79 Å². The van der Waals surface area contributed by atoms with Crippen LogP contribution in [0.5, 0.6) is 0 Å². The Morgan fingerprint density at radius 1 is 1.00 bits per heavy atom. The van der Waals surface area contributed by atoms with Gasteiger partial charge in [0.2, 0.25) is 11.8 Å². The minimum atomic E-state index is -0.126. The van der Waals surface area contributed by atoms with E-state index >= 15 is 0 Å². The molecule has 5 nitrogen and oxygen atoms in total. The van der Waals surface area contributed by atoms with Crippen LogP contribution >= 0.6 is 23.4 Å². The number of amides is 1. The third kappa shape index (κ3) is 4.52. The Balaban J connectivity index is 1.35. The smallest absolute Gasteiger partial charge is 0.277 e. The van der Waals surface area contributed by atoms with E-state index in [2.05, 4.69) is 15.5 Å². The van der Waals surface area contributed by atoms with Crippen LogP contribution in [0.1, 0.15) is 11.5 Å². The first-order valence-electron chi connectivity index (χ1n) is 8.64. The molecule has 140 valence electrons. The molecule has 0 aliphatic heterocycles. The van der Waals surface area contributed by atoms with Crippen molar-refractivity contribution in [1.82, 2.24) is 10.2 Å². The molecular weight excluding hydrogens is 394 g/mol. The van der Waals surface area contributed by atoms with Crippen LogP contribution in [0.2, 0.25) is 5.02 Å². The van der Waals surface area contributed by atoms with Crippen molar-refractivity contribution < 1.29 is 9.21 Å². The Labute approximate surface area is 171 Å². The molecule has 1 N–H and O–H groups in total. The fraction of sp³-hybridized carbons (Fsp3) is 0.0952. The fourth-order valence-corrected chi connectivity index (χ4v) is 3.50. The average molecular weight is 410 g/mol. The van der Waals surface area contributed by atoms with E-state index in [0.29, 0.717) is 22.6 Å². The summed E-state index contributed by atoms with van der Waals surface area (Å²) in [5.41, 5.74) is 1.82. The van der Waals surface area contributed by atoms with E-state index in [4.69, 9.17) is 16.0 Å². The highest BCUT2D eigenvalue weighted by molar-refractivity contribution is 7.99. The number of rotatable bonds is 6. The molecule has 4 aromatic rings. The summed E-state index contributed by atoms with van der Waals surface area (Å²) in [4.78, 5) is 12.3. The predicted octanol–water partition coefficient (Wildman–Crippen LogP) is 5.20. The number of thioether (sulfide) groups is 1. The van der Waals surface area contributed by atoms with Gasteiger partial charge in [0, 0.05) is 16.1 Å². The number of anilines is 1. The number of carbonyl (C=O) groups excluding carboxylic acids is 1. The summed E-state index contributed by atoms with van der Waals surface area (Å²) in [6.45, 7) is 0. The maximum atomic E-state index is 12.3. The van der Waals surface area contributed by atoms with Crippen molar-refractivity contribution in [3.8, 4) is 0 Å². The summed E-state index contributed by atoms with van der Waals surface area (Å²) >= 11 is 7.10. The molecule has 0 saturated carbocycles. The summed E-state index contributed by atoms with van der Waals surface area (Å²) in [5, 5.41) is 14.1. The zero-order chi connectivity index (χ0) is 19.3. The number of aromatic nitrogens is 2. The Hall–Kier alpha value is -2.83. The molecule has 0 aliphatic carbocycles. The zero-order valence-electron chi connectivity index (χ0n) is 14.8. The van der Waals surface area contributed by atoms with E-state index in [1.807, 2.05) is 66.7 Å². The number of halogens is 1. The minimum Gasteiger partial charge on any atom is -0.416 e. The van der Waals surface area contributed by atoms with Gasteiger partial charge in [-0.2, -0.15) is 0 Å². The van der Waals surface area contributed by atoms with Crippen molar-refractivity contribution in [2.75, 3.05) is 11.1 Å². The second-order valence-corrected chi connectivity index (χ2v) is 7.49. The molecular formula is C21H16ClN3O2S. The minimum absolute atomic E-state index is 0.126. The van der Waals surface area contributed by atoms with E-state index in [9.17, 15) is 4.79 Å². The van der Waals surface area contributed by atoms with Crippen molar-refractivity contribution in [3.63, 3.8) is 0 Å². The van der Waals surface area contributed by atoms with Gasteiger partial charge in [-0.05, 0) is 29.1 Å². The first-order chi connectivity index (χ1) is 13.7. The summed E-state index contributed by atoms with van der Waals surface area (Å²) < 4.78 is 5.62. The predicted molar refractivity (Wildman–Crippen MR) is 112 cm³/mol. The standard InChI is InChI=1S/C21H16ClN3O2S/c22-16-10-8-14(9-11-16)12-20-24-25-21(27-20)28-13-19(26)23-18-7-3-5-15-4-1-2-6-17(15)18/h1-11H,12-13H2,(H,23,26). The molecule has 0 bridgehead atoms. The van der Waals surface area contributed by atoms with Crippen molar-refractivity contribution in [2.24, 2.45) is 0 Å². The molecule has 7 heteroatoms. The average Bonchev–Trinajstić information content (AvgIpc) is 3.16. The third-order valence-corrected chi connectivity index (χ3v) is 5.18. The Morgan fingerprint density at radius 2 is 1.79 bits per heavy atom. The highest BCUT2D eigenvalue weighted by Gasteiger charge is 2.11. The molecule has 0 atom stereocenters. The number of nitrogens with zero attached hydrogens (tertiary/aromatic N) is 2. The Morgan fingerprint density at radius 3 is 2.64 bits per heavy atom. The molecule has 1 heterocycles. The van der Waals surface area contributed by atoms with Crippen molar-refractivity contribution in [3.05, 3.63) is 83.2 Å². The molecule has 3 aromatic carbocycles. The maximum Gasteiger partial charge on any atom is 0.277 e. The van der Waals surface area contributed by atoms with Gasteiger partial charge in [0.1, 0.15) is 0 Å². The molecule has 0 fully saturated rings. The van der Waals surface area contributed by atoms with Crippen LogP contribution in [-0.2, 0) is 11.2 Å². The molecule has 0 radical (unpaired) electrons. The quantitative estimate of drug-likeness (QED) is 0.443. The summed E-state index contributed by atoms with van der Waals surface area (Å²) in [6.07, 6.45) is 0.521. The Kier molecular flexibility index (Phi) is 5.60. The van der Waals surface area contributed by atoms with Crippen LogP contribution in [0.15, 0.2) is 76.4 Å². The second kappa shape index (κ2) is 8.46. The summed E-state index contributed by atoms with van der Waals surface area (Å²) in [6, 6.07) is 21.2. The number of hydrogen-bond acceptors (Lipinski definition) is 5. The van der Waals surface area contributed by atoms with Gasteiger partial charge in [0.25, 0.3) is 5.22 Å².